The van der Waals surface area contributed by atoms with Gasteiger partial charge in [-0.1, -0.05) is 0 Å². The van der Waals surface area contributed by atoms with E-state index in [1.54, 1.807) is 6.20 Å². The Bertz CT molecular complexity index is 507. The summed E-state index contributed by atoms with van der Waals surface area (Å²) in [6, 6.07) is 4.04. The molecule has 1 aliphatic carbocycles. The van der Waals surface area contributed by atoms with Crippen LogP contribution >= 0.6 is 0 Å². The highest BCUT2D eigenvalue weighted by molar-refractivity contribution is 5.47. The molecule has 0 spiro atoms. The van der Waals surface area contributed by atoms with Crippen LogP contribution in [0, 0.1) is 0 Å². The highest BCUT2D eigenvalue weighted by Crippen LogP contribution is 2.40. The molecule has 1 saturated carbocycles. The molecule has 0 radical (unpaired) electrons. The van der Waals surface area contributed by atoms with Crippen molar-refractivity contribution in [2.45, 2.75) is 18.8 Å². The normalized spacial score (nSPS) is 16.6. The van der Waals surface area contributed by atoms with Crippen molar-refractivity contribution in [2.24, 2.45) is 0 Å². The molecule has 2 heterocycles. The van der Waals surface area contributed by atoms with Crippen molar-refractivity contribution in [3.05, 3.63) is 34.5 Å². The van der Waals surface area contributed by atoms with E-state index in [-0.39, 0.29) is 5.69 Å². The second-order valence-corrected chi connectivity index (χ2v) is 3.47. The van der Waals surface area contributed by atoms with Crippen LogP contribution in [0.3, 0.4) is 0 Å². The van der Waals surface area contributed by atoms with Gasteiger partial charge in [0.25, 0.3) is 0 Å². The summed E-state index contributed by atoms with van der Waals surface area (Å²) in [5.41, 5.74) is 1.88. The van der Waals surface area contributed by atoms with Crippen LogP contribution in [-0.4, -0.2) is 14.6 Å². The molecule has 1 fully saturated rings. The number of aromatic nitrogens is 3. The first kappa shape index (κ1) is 6.88. The van der Waals surface area contributed by atoms with Crippen molar-refractivity contribution in [1.82, 2.24) is 14.6 Å². The number of nitrogens with zero attached hydrogens (tertiary/aromatic N) is 2. The lowest BCUT2D eigenvalue weighted by Crippen LogP contribution is -2.14. The Morgan fingerprint density at radius 3 is 3.08 bits per heavy atom. The maximum atomic E-state index is 11.0. The zero-order chi connectivity index (χ0) is 8.84. The van der Waals surface area contributed by atoms with E-state index in [1.165, 1.54) is 18.5 Å². The quantitative estimate of drug-likeness (QED) is 0.700. The molecule has 3 rings (SSSR count). The zero-order valence-corrected chi connectivity index (χ0v) is 7.03. The van der Waals surface area contributed by atoms with Crippen molar-refractivity contribution in [3.63, 3.8) is 0 Å². The van der Waals surface area contributed by atoms with Crippen molar-refractivity contribution < 1.29 is 0 Å². The van der Waals surface area contributed by atoms with E-state index in [9.17, 15) is 4.79 Å². The molecule has 1 aliphatic rings. The van der Waals surface area contributed by atoms with Crippen LogP contribution in [-0.2, 0) is 0 Å². The molecule has 2 aromatic heterocycles. The van der Waals surface area contributed by atoms with Gasteiger partial charge in [-0.25, -0.2) is 9.89 Å². The Balaban J connectivity index is 2.35. The number of hydrogen-bond acceptors (Lipinski definition) is 2. The lowest BCUT2D eigenvalue weighted by Gasteiger charge is -1.98. The van der Waals surface area contributed by atoms with Gasteiger partial charge in [-0.2, -0.15) is 4.98 Å². The Labute approximate surface area is 74.2 Å². The maximum Gasteiger partial charge on any atom is 0.360 e. The molecular weight excluding hydrogens is 166 g/mol. The Kier molecular flexibility index (Phi) is 1.17. The molecule has 0 bridgehead atoms. The second kappa shape index (κ2) is 2.22. The summed E-state index contributed by atoms with van der Waals surface area (Å²) in [5, 5.41) is 2.71. The fourth-order valence-corrected chi connectivity index (χ4v) is 1.65. The minimum atomic E-state index is -0.286. The Morgan fingerprint density at radius 1 is 1.46 bits per heavy atom. The molecule has 4 nitrogen and oxygen atoms in total. The molecule has 0 atom stereocenters. The molecule has 0 aromatic carbocycles. The molecule has 1 N–H and O–H groups in total. The largest absolute Gasteiger partial charge is 0.360 e. The van der Waals surface area contributed by atoms with Gasteiger partial charge in [0.2, 0.25) is 0 Å². The fourth-order valence-electron chi connectivity index (χ4n) is 1.65. The van der Waals surface area contributed by atoms with Gasteiger partial charge in [0, 0.05) is 11.6 Å². The lowest BCUT2D eigenvalue weighted by molar-refractivity contribution is 0.804. The van der Waals surface area contributed by atoms with Crippen LogP contribution in [0.5, 0.6) is 0 Å². The van der Waals surface area contributed by atoms with Crippen LogP contribution in [0.25, 0.3) is 5.52 Å². The monoisotopic (exact) mass is 175 g/mol. The van der Waals surface area contributed by atoms with Gasteiger partial charge in [0.15, 0.2) is 0 Å². The van der Waals surface area contributed by atoms with E-state index >= 15 is 0 Å². The van der Waals surface area contributed by atoms with Gasteiger partial charge in [-0.05, 0) is 25.0 Å². The fraction of sp³-hybridized carbons (Fsp3) is 0.333. The molecule has 2 aromatic rings. The molecule has 0 amide bonds. The van der Waals surface area contributed by atoms with E-state index in [0.717, 1.165) is 5.52 Å². The first-order valence-electron chi connectivity index (χ1n) is 4.41. The summed E-state index contributed by atoms with van der Waals surface area (Å²) in [4.78, 5) is 14.7. The van der Waals surface area contributed by atoms with Crippen molar-refractivity contribution in [2.75, 3.05) is 0 Å². The Morgan fingerprint density at radius 2 is 2.31 bits per heavy atom. The predicted molar refractivity (Wildman–Crippen MR) is 47.8 cm³/mol. The summed E-state index contributed by atoms with van der Waals surface area (Å²) in [6.07, 6.45) is 4.07. The number of aromatic amines is 1. The smallest absolute Gasteiger partial charge is 0.255 e. The predicted octanol–water partition coefficient (Wildman–Crippen LogP) is 0.900. The second-order valence-electron chi connectivity index (χ2n) is 3.47. The summed E-state index contributed by atoms with van der Waals surface area (Å²) < 4.78 is 1.84. The minimum absolute atomic E-state index is 0.286. The molecule has 0 saturated heterocycles. The first-order valence-corrected chi connectivity index (χ1v) is 4.41. The zero-order valence-electron chi connectivity index (χ0n) is 7.03. The SMILES string of the molecule is O=c1ncc2ccc(C3CC3)n2[nH]1. The van der Waals surface area contributed by atoms with E-state index in [0.29, 0.717) is 5.92 Å². The number of fused-ring (bicyclic) bond motifs is 1. The van der Waals surface area contributed by atoms with Crippen LogP contribution in [0.15, 0.2) is 23.1 Å². The van der Waals surface area contributed by atoms with Crippen molar-refractivity contribution in [3.8, 4) is 0 Å². The van der Waals surface area contributed by atoms with Gasteiger partial charge in [-0.15, -0.1) is 0 Å². The molecule has 66 valence electrons. The summed E-state index contributed by atoms with van der Waals surface area (Å²) in [5.74, 6) is 0.639. The van der Waals surface area contributed by atoms with E-state index in [1.807, 2.05) is 10.6 Å². The molecule has 4 heteroatoms. The van der Waals surface area contributed by atoms with Crippen molar-refractivity contribution >= 4 is 5.52 Å². The van der Waals surface area contributed by atoms with Crippen molar-refractivity contribution in [1.29, 1.82) is 0 Å². The average molecular weight is 175 g/mol. The van der Waals surface area contributed by atoms with E-state index in [4.69, 9.17) is 0 Å². The highest BCUT2D eigenvalue weighted by Gasteiger charge is 2.26. The lowest BCUT2D eigenvalue weighted by atomic mass is 10.3. The third kappa shape index (κ3) is 0.983. The topological polar surface area (TPSA) is 50.2 Å². The van der Waals surface area contributed by atoms with Gasteiger partial charge in [0.1, 0.15) is 0 Å². The summed E-state index contributed by atoms with van der Waals surface area (Å²) >= 11 is 0. The standard InChI is InChI=1S/C9H9N3O/c13-9-10-5-7-3-4-8(6-1-2-6)12(7)11-9/h3-6H,1-2H2,(H,11,13). The van der Waals surface area contributed by atoms with E-state index in [2.05, 4.69) is 16.1 Å². The molecule has 0 aliphatic heterocycles. The van der Waals surface area contributed by atoms with Gasteiger partial charge < -0.3 is 0 Å². The molecular formula is C9H9N3O. The molecule has 13 heavy (non-hydrogen) atoms. The third-order valence-electron chi connectivity index (χ3n) is 2.46. The minimum Gasteiger partial charge on any atom is -0.255 e. The Hall–Kier alpha value is -1.58. The number of nitrogens with one attached hydrogen (secondary N) is 1. The summed E-state index contributed by atoms with van der Waals surface area (Å²) in [7, 11) is 0. The molecule has 0 unspecified atom stereocenters. The number of H-pyrrole nitrogens is 1. The van der Waals surface area contributed by atoms with Gasteiger partial charge in [-0.3, -0.25) is 4.52 Å². The number of hydrogen-bond donors (Lipinski definition) is 1. The van der Waals surface area contributed by atoms with Gasteiger partial charge >= 0.3 is 5.69 Å². The third-order valence-corrected chi connectivity index (χ3v) is 2.46. The van der Waals surface area contributed by atoms with E-state index < -0.39 is 0 Å². The van der Waals surface area contributed by atoms with Gasteiger partial charge in [0.05, 0.1) is 11.7 Å². The maximum absolute atomic E-state index is 11.0. The van der Waals surface area contributed by atoms with Crippen LogP contribution < -0.4 is 5.69 Å². The van der Waals surface area contributed by atoms with Crippen LogP contribution in [0.4, 0.5) is 0 Å². The highest BCUT2D eigenvalue weighted by atomic mass is 16.1. The first-order chi connectivity index (χ1) is 6.34. The van der Waals surface area contributed by atoms with Crippen LogP contribution in [0.2, 0.25) is 0 Å². The van der Waals surface area contributed by atoms with Crippen LogP contribution in [0.1, 0.15) is 24.5 Å². The average Bonchev–Trinajstić information content (AvgIpc) is 2.87. The summed E-state index contributed by atoms with van der Waals surface area (Å²) in [6.45, 7) is 0. The number of rotatable bonds is 1.